The van der Waals surface area contributed by atoms with Crippen LogP contribution in [0.1, 0.15) is 63.7 Å². The molecule has 1 saturated carbocycles. The Morgan fingerprint density at radius 2 is 1.71 bits per heavy atom. The average molecular weight is 413 g/mol. The summed E-state index contributed by atoms with van der Waals surface area (Å²) in [6.07, 6.45) is 10.7. The highest BCUT2D eigenvalue weighted by Crippen LogP contribution is 2.40. The maximum Gasteiger partial charge on any atom is 0.119 e. The molecular weight excluding hydrogens is 380 g/mol. The topological polar surface area (TPSA) is 9.23 Å². The summed E-state index contributed by atoms with van der Waals surface area (Å²) in [7, 11) is 0. The molecule has 1 aliphatic rings. The van der Waals surface area contributed by atoms with Crippen molar-refractivity contribution in [1.82, 2.24) is 0 Å². The van der Waals surface area contributed by atoms with Crippen molar-refractivity contribution < 1.29 is 4.74 Å². The quantitative estimate of drug-likeness (QED) is 0.337. The van der Waals surface area contributed by atoms with E-state index in [0.717, 1.165) is 30.6 Å². The van der Waals surface area contributed by atoms with Crippen molar-refractivity contribution in [3.05, 3.63) is 41.3 Å². The molecule has 2 heterocycles. The lowest BCUT2D eigenvalue weighted by atomic mass is 9.81. The van der Waals surface area contributed by atoms with Crippen LogP contribution in [0.2, 0.25) is 0 Å². The Hall–Kier alpha value is -1.32. The first-order chi connectivity index (χ1) is 13.7. The summed E-state index contributed by atoms with van der Waals surface area (Å²) in [6, 6.07) is 13.4. The minimum atomic E-state index is 0.813. The Morgan fingerprint density at radius 3 is 2.43 bits per heavy atom. The highest BCUT2D eigenvalue weighted by molar-refractivity contribution is 7.29. The number of thiophene rings is 2. The number of hydrogen-bond acceptors (Lipinski definition) is 3. The molecule has 0 N–H and O–H groups in total. The predicted molar refractivity (Wildman–Crippen MR) is 125 cm³/mol. The van der Waals surface area contributed by atoms with Gasteiger partial charge in [-0.3, -0.25) is 0 Å². The van der Waals surface area contributed by atoms with E-state index in [4.69, 9.17) is 4.74 Å². The zero-order valence-electron chi connectivity index (χ0n) is 17.2. The Labute approximate surface area is 177 Å². The number of fused-ring (bicyclic) bond motifs is 1. The van der Waals surface area contributed by atoms with Gasteiger partial charge in [0.15, 0.2) is 0 Å². The number of benzene rings is 1. The Balaban J connectivity index is 1.36. The van der Waals surface area contributed by atoms with Crippen LogP contribution in [0, 0.1) is 11.8 Å². The van der Waals surface area contributed by atoms with Crippen LogP contribution in [0.25, 0.3) is 19.8 Å². The third-order valence-corrected chi connectivity index (χ3v) is 8.50. The van der Waals surface area contributed by atoms with Gasteiger partial charge in [-0.2, -0.15) is 0 Å². The van der Waals surface area contributed by atoms with Crippen LogP contribution in [0.4, 0.5) is 0 Å². The molecule has 0 bridgehead atoms. The highest BCUT2D eigenvalue weighted by atomic mass is 32.1. The van der Waals surface area contributed by atoms with E-state index in [2.05, 4.69) is 50.2 Å². The van der Waals surface area contributed by atoms with Crippen molar-refractivity contribution in [1.29, 1.82) is 0 Å². The summed E-state index contributed by atoms with van der Waals surface area (Å²) in [5, 5.41) is 0. The van der Waals surface area contributed by atoms with Crippen molar-refractivity contribution in [3.63, 3.8) is 0 Å². The molecule has 1 fully saturated rings. The van der Waals surface area contributed by atoms with Crippen LogP contribution in [0.5, 0.6) is 5.75 Å². The Morgan fingerprint density at radius 1 is 0.964 bits per heavy atom. The van der Waals surface area contributed by atoms with Gasteiger partial charge in [0.25, 0.3) is 0 Å². The summed E-state index contributed by atoms with van der Waals surface area (Å²) in [5.74, 6) is 2.90. The lowest BCUT2D eigenvalue weighted by Crippen LogP contribution is -2.12. The molecule has 0 radical (unpaired) electrons. The summed E-state index contributed by atoms with van der Waals surface area (Å²) >= 11 is 3.93. The van der Waals surface area contributed by atoms with Crippen LogP contribution in [0.3, 0.4) is 0 Å². The molecule has 1 nitrogen and oxygen atoms in total. The zero-order valence-corrected chi connectivity index (χ0v) is 18.8. The normalized spacial score (nSPS) is 19.9. The fourth-order valence-electron chi connectivity index (χ4n) is 4.17. The minimum absolute atomic E-state index is 0.813. The van der Waals surface area contributed by atoms with Gasteiger partial charge in [-0.05, 0) is 73.1 Å². The van der Waals surface area contributed by atoms with E-state index in [-0.39, 0.29) is 0 Å². The van der Waals surface area contributed by atoms with Crippen molar-refractivity contribution in [2.75, 3.05) is 6.61 Å². The largest absolute Gasteiger partial charge is 0.494 e. The van der Waals surface area contributed by atoms with Gasteiger partial charge in [0.1, 0.15) is 5.75 Å². The maximum absolute atomic E-state index is 5.79. The van der Waals surface area contributed by atoms with E-state index >= 15 is 0 Å². The molecule has 1 aromatic carbocycles. The number of rotatable bonds is 8. The molecule has 150 valence electrons. The Bertz CT molecular complexity index is 834. The zero-order chi connectivity index (χ0) is 19.3. The summed E-state index contributed by atoms with van der Waals surface area (Å²) < 4.78 is 8.69. The van der Waals surface area contributed by atoms with E-state index in [1.165, 1.54) is 64.8 Å². The molecule has 0 unspecified atom stereocenters. The van der Waals surface area contributed by atoms with Crippen LogP contribution >= 0.6 is 22.7 Å². The van der Waals surface area contributed by atoms with Gasteiger partial charge in [0.05, 0.1) is 6.61 Å². The highest BCUT2D eigenvalue weighted by Gasteiger charge is 2.18. The Kier molecular flexibility index (Phi) is 6.74. The molecule has 1 aliphatic carbocycles. The van der Waals surface area contributed by atoms with Gasteiger partial charge in [0.2, 0.25) is 0 Å². The average Bonchev–Trinajstić information content (AvgIpc) is 3.27. The molecule has 4 rings (SSSR count). The molecule has 28 heavy (non-hydrogen) atoms. The standard InChI is InChI=1S/C25H32OS2/c1-3-4-15-26-21-12-10-20(11-13-21)23-17-25-24(28-23)16-22(27-25)14-9-19-7-5-18(2)6-8-19/h10-13,16-19H,3-9,14-15H2,1-2H3. The first-order valence-electron chi connectivity index (χ1n) is 11.0. The summed E-state index contributed by atoms with van der Waals surface area (Å²) in [4.78, 5) is 2.94. The lowest BCUT2D eigenvalue weighted by Gasteiger charge is -2.25. The van der Waals surface area contributed by atoms with Crippen molar-refractivity contribution in [2.45, 2.75) is 65.2 Å². The van der Waals surface area contributed by atoms with Gasteiger partial charge in [-0.25, -0.2) is 0 Å². The van der Waals surface area contributed by atoms with Crippen molar-refractivity contribution in [3.8, 4) is 16.2 Å². The fourth-order valence-corrected chi connectivity index (χ4v) is 6.61. The number of ether oxygens (including phenoxy) is 1. The lowest BCUT2D eigenvalue weighted by molar-refractivity contribution is 0.278. The van der Waals surface area contributed by atoms with Gasteiger partial charge >= 0.3 is 0 Å². The first kappa shape index (κ1) is 20.0. The second-order valence-corrected chi connectivity index (χ2v) is 10.7. The summed E-state index contributed by atoms with van der Waals surface area (Å²) in [6.45, 7) is 5.41. The van der Waals surface area contributed by atoms with Crippen LogP contribution in [-0.2, 0) is 6.42 Å². The van der Waals surface area contributed by atoms with Crippen molar-refractivity contribution in [2.24, 2.45) is 11.8 Å². The number of hydrogen-bond donors (Lipinski definition) is 0. The molecule has 0 aliphatic heterocycles. The second kappa shape index (κ2) is 9.45. The molecule has 0 amide bonds. The van der Waals surface area contributed by atoms with E-state index in [9.17, 15) is 0 Å². The molecule has 2 aromatic heterocycles. The number of aryl methyl sites for hydroxylation is 1. The molecule has 3 heteroatoms. The van der Waals surface area contributed by atoms with E-state index in [1.807, 2.05) is 22.7 Å². The SMILES string of the molecule is CCCCOc1ccc(-c2cc3sc(CCC4CCC(C)CC4)cc3s2)cc1. The van der Waals surface area contributed by atoms with E-state index in [0.29, 0.717) is 0 Å². The first-order valence-corrected chi connectivity index (χ1v) is 12.6. The predicted octanol–water partition coefficient (Wildman–Crippen LogP) is 8.57. The minimum Gasteiger partial charge on any atom is -0.494 e. The maximum atomic E-state index is 5.79. The molecule has 3 aromatic rings. The van der Waals surface area contributed by atoms with Gasteiger partial charge < -0.3 is 4.74 Å². The van der Waals surface area contributed by atoms with E-state index in [1.54, 1.807) is 4.88 Å². The molecule has 0 atom stereocenters. The summed E-state index contributed by atoms with van der Waals surface area (Å²) in [5.41, 5.74) is 1.30. The fraction of sp³-hybridized carbons (Fsp3) is 0.520. The molecule has 0 saturated heterocycles. The van der Waals surface area contributed by atoms with Gasteiger partial charge in [-0.15, -0.1) is 22.7 Å². The third-order valence-electron chi connectivity index (χ3n) is 6.10. The monoisotopic (exact) mass is 412 g/mol. The number of unbranched alkanes of at least 4 members (excludes halogenated alkanes) is 1. The molecular formula is C25H32OS2. The van der Waals surface area contributed by atoms with Crippen LogP contribution in [-0.4, -0.2) is 6.61 Å². The van der Waals surface area contributed by atoms with E-state index < -0.39 is 0 Å². The van der Waals surface area contributed by atoms with Crippen LogP contribution in [0.15, 0.2) is 36.4 Å². The van der Waals surface area contributed by atoms with Crippen molar-refractivity contribution >= 4 is 32.1 Å². The smallest absolute Gasteiger partial charge is 0.119 e. The second-order valence-electron chi connectivity index (χ2n) is 8.44. The third kappa shape index (κ3) is 4.99. The van der Waals surface area contributed by atoms with Gasteiger partial charge in [-0.1, -0.05) is 46.0 Å². The van der Waals surface area contributed by atoms with Gasteiger partial charge in [0, 0.05) is 19.2 Å². The molecule has 0 spiro atoms. The van der Waals surface area contributed by atoms with Crippen LogP contribution < -0.4 is 4.74 Å².